The van der Waals surface area contributed by atoms with E-state index in [4.69, 9.17) is 4.74 Å². The zero-order valence-corrected chi connectivity index (χ0v) is 13.0. The minimum Gasteiger partial charge on any atom is -0.381 e. The number of carbonyl (C=O) groups is 1. The molecule has 2 aromatic heterocycles. The zero-order chi connectivity index (χ0) is 16.6. The lowest BCUT2D eigenvalue weighted by molar-refractivity contribution is 0.0945. The molecule has 1 amide bonds. The molecule has 0 bridgehead atoms. The van der Waals surface area contributed by atoms with Gasteiger partial charge in [-0.1, -0.05) is 0 Å². The van der Waals surface area contributed by atoms with Crippen LogP contribution in [0.25, 0.3) is 11.0 Å². The maximum atomic E-state index is 12.2. The number of carbonyl (C=O) groups excluding carboxylic acids is 1. The average molecular weight is 318 g/mol. The number of nitrogens with one attached hydrogen (secondary N) is 1. The van der Waals surface area contributed by atoms with Crippen molar-refractivity contribution >= 4 is 16.9 Å². The fourth-order valence-electron chi connectivity index (χ4n) is 2.67. The molecule has 122 valence electrons. The first-order chi connectivity index (χ1) is 11.0. The Labute approximate surface area is 131 Å². The van der Waals surface area contributed by atoms with Crippen molar-refractivity contribution in [2.45, 2.75) is 6.42 Å². The SMILES string of the molecule is Cn1c(=O)c2cc(C(=O)NCC3CCOC3)cnc2n(C)c1=O. The van der Waals surface area contributed by atoms with Crippen LogP contribution in [0, 0.1) is 5.92 Å². The minimum atomic E-state index is -0.463. The first-order valence-corrected chi connectivity index (χ1v) is 7.40. The summed E-state index contributed by atoms with van der Waals surface area (Å²) in [6, 6.07) is 1.48. The third-order valence-electron chi connectivity index (χ3n) is 4.13. The second-order valence-electron chi connectivity index (χ2n) is 5.74. The Kier molecular flexibility index (Phi) is 3.99. The number of hydrogen-bond donors (Lipinski definition) is 1. The molecule has 0 aliphatic carbocycles. The van der Waals surface area contributed by atoms with Gasteiger partial charge in [0.15, 0.2) is 0 Å². The summed E-state index contributed by atoms with van der Waals surface area (Å²) in [5.41, 5.74) is -0.353. The second kappa shape index (κ2) is 5.96. The average Bonchev–Trinajstić information content (AvgIpc) is 3.08. The van der Waals surface area contributed by atoms with Gasteiger partial charge in [-0.2, -0.15) is 0 Å². The predicted octanol–water partition coefficient (Wildman–Crippen LogP) is -0.601. The standard InChI is InChI=1S/C15H18N4O4/c1-18-12-11(14(21)19(2)15(18)22)5-10(7-16-12)13(20)17-6-9-3-4-23-8-9/h5,7,9H,3-4,6,8H2,1-2H3,(H,17,20). The zero-order valence-electron chi connectivity index (χ0n) is 13.0. The number of hydrogen-bond acceptors (Lipinski definition) is 5. The molecule has 1 fully saturated rings. The molecule has 0 aromatic carbocycles. The van der Waals surface area contributed by atoms with E-state index >= 15 is 0 Å². The molecule has 8 heteroatoms. The van der Waals surface area contributed by atoms with Gasteiger partial charge in [-0.05, 0) is 12.5 Å². The van der Waals surface area contributed by atoms with Gasteiger partial charge in [-0.25, -0.2) is 9.78 Å². The van der Waals surface area contributed by atoms with E-state index in [2.05, 4.69) is 10.3 Å². The van der Waals surface area contributed by atoms with Crippen LogP contribution < -0.4 is 16.6 Å². The number of ether oxygens (including phenoxy) is 1. The topological polar surface area (TPSA) is 95.2 Å². The summed E-state index contributed by atoms with van der Waals surface area (Å²) >= 11 is 0. The van der Waals surface area contributed by atoms with E-state index in [9.17, 15) is 14.4 Å². The van der Waals surface area contributed by atoms with Crippen LogP contribution in [0.15, 0.2) is 21.9 Å². The van der Waals surface area contributed by atoms with Crippen LogP contribution in [0.1, 0.15) is 16.8 Å². The number of aryl methyl sites for hydroxylation is 1. The van der Waals surface area contributed by atoms with Crippen molar-refractivity contribution in [3.63, 3.8) is 0 Å². The second-order valence-corrected chi connectivity index (χ2v) is 5.74. The lowest BCUT2D eigenvalue weighted by Crippen LogP contribution is -2.37. The highest BCUT2D eigenvalue weighted by Gasteiger charge is 2.18. The normalized spacial score (nSPS) is 17.6. The molecule has 1 saturated heterocycles. The first kappa shape index (κ1) is 15.4. The Bertz CT molecular complexity index is 877. The Hall–Kier alpha value is -2.48. The third kappa shape index (κ3) is 2.77. The van der Waals surface area contributed by atoms with Gasteiger partial charge in [0.1, 0.15) is 5.65 Å². The van der Waals surface area contributed by atoms with E-state index in [1.165, 1.54) is 30.9 Å². The number of nitrogens with zero attached hydrogens (tertiary/aromatic N) is 3. The Morgan fingerprint density at radius 3 is 2.87 bits per heavy atom. The minimum absolute atomic E-state index is 0.242. The largest absolute Gasteiger partial charge is 0.381 e. The maximum Gasteiger partial charge on any atom is 0.332 e. The van der Waals surface area contributed by atoms with Crippen LogP contribution in [0.3, 0.4) is 0 Å². The monoisotopic (exact) mass is 318 g/mol. The quantitative estimate of drug-likeness (QED) is 0.815. The summed E-state index contributed by atoms with van der Waals surface area (Å²) in [6.45, 7) is 1.91. The van der Waals surface area contributed by atoms with E-state index in [1.54, 1.807) is 0 Å². The molecule has 1 N–H and O–H groups in total. The van der Waals surface area contributed by atoms with Crippen LogP contribution in [0.4, 0.5) is 0 Å². The molecule has 2 aromatic rings. The summed E-state index contributed by atoms with van der Waals surface area (Å²) in [5, 5.41) is 3.07. The highest BCUT2D eigenvalue weighted by atomic mass is 16.5. The molecule has 8 nitrogen and oxygen atoms in total. The molecule has 1 atom stereocenters. The van der Waals surface area contributed by atoms with Gasteiger partial charge in [0.2, 0.25) is 0 Å². The lowest BCUT2D eigenvalue weighted by atomic mass is 10.1. The molecule has 3 rings (SSSR count). The molecule has 1 unspecified atom stereocenters. The van der Waals surface area contributed by atoms with Gasteiger partial charge >= 0.3 is 5.69 Å². The van der Waals surface area contributed by atoms with Gasteiger partial charge < -0.3 is 10.1 Å². The van der Waals surface area contributed by atoms with Crippen LogP contribution in [-0.2, 0) is 18.8 Å². The van der Waals surface area contributed by atoms with Crippen molar-refractivity contribution < 1.29 is 9.53 Å². The Balaban J connectivity index is 1.92. The fraction of sp³-hybridized carbons (Fsp3) is 0.467. The van der Waals surface area contributed by atoms with Crippen molar-refractivity contribution in [3.8, 4) is 0 Å². The van der Waals surface area contributed by atoms with Gasteiger partial charge in [-0.3, -0.25) is 18.7 Å². The van der Waals surface area contributed by atoms with Gasteiger partial charge in [0.25, 0.3) is 11.5 Å². The van der Waals surface area contributed by atoms with E-state index in [0.29, 0.717) is 24.6 Å². The van der Waals surface area contributed by atoms with Gasteiger partial charge in [0.05, 0.1) is 17.6 Å². The van der Waals surface area contributed by atoms with Crippen LogP contribution in [-0.4, -0.2) is 39.8 Å². The smallest absolute Gasteiger partial charge is 0.332 e. The molecular formula is C15H18N4O4. The van der Waals surface area contributed by atoms with Gasteiger partial charge in [0, 0.05) is 39.4 Å². The van der Waals surface area contributed by atoms with E-state index in [1.807, 2.05) is 0 Å². The summed E-state index contributed by atoms with van der Waals surface area (Å²) < 4.78 is 7.55. The van der Waals surface area contributed by atoms with E-state index < -0.39 is 11.2 Å². The molecule has 0 spiro atoms. The summed E-state index contributed by atoms with van der Waals surface area (Å²) in [5.74, 6) is 0.0308. The molecule has 1 aliphatic rings. The summed E-state index contributed by atoms with van der Waals surface area (Å²) in [6.07, 6.45) is 2.31. The molecule has 3 heterocycles. The van der Waals surface area contributed by atoms with E-state index in [0.717, 1.165) is 17.6 Å². The Morgan fingerprint density at radius 1 is 1.39 bits per heavy atom. The van der Waals surface area contributed by atoms with Gasteiger partial charge in [-0.15, -0.1) is 0 Å². The van der Waals surface area contributed by atoms with E-state index in [-0.39, 0.29) is 16.9 Å². The fourth-order valence-corrected chi connectivity index (χ4v) is 2.67. The van der Waals surface area contributed by atoms with Crippen LogP contribution in [0.5, 0.6) is 0 Å². The molecule has 1 aliphatic heterocycles. The van der Waals surface area contributed by atoms with Crippen LogP contribution >= 0.6 is 0 Å². The molecule has 23 heavy (non-hydrogen) atoms. The third-order valence-corrected chi connectivity index (χ3v) is 4.13. The van der Waals surface area contributed by atoms with Crippen molar-refractivity contribution in [1.82, 2.24) is 19.4 Å². The number of rotatable bonds is 3. The highest BCUT2D eigenvalue weighted by molar-refractivity contribution is 5.96. The Morgan fingerprint density at radius 2 is 2.17 bits per heavy atom. The van der Waals surface area contributed by atoms with Crippen molar-refractivity contribution in [1.29, 1.82) is 0 Å². The highest BCUT2D eigenvalue weighted by Crippen LogP contribution is 2.11. The predicted molar refractivity (Wildman–Crippen MR) is 83.5 cm³/mol. The summed E-state index contributed by atoms with van der Waals surface area (Å²) in [4.78, 5) is 40.4. The van der Waals surface area contributed by atoms with Crippen molar-refractivity contribution in [3.05, 3.63) is 38.7 Å². The number of pyridine rings is 1. The summed E-state index contributed by atoms with van der Waals surface area (Å²) in [7, 11) is 2.94. The lowest BCUT2D eigenvalue weighted by Gasteiger charge is -2.10. The molecule has 0 saturated carbocycles. The molecular weight excluding hydrogens is 300 g/mol. The number of aromatic nitrogens is 3. The maximum absolute atomic E-state index is 12.2. The molecule has 0 radical (unpaired) electrons. The number of fused-ring (bicyclic) bond motifs is 1. The number of amides is 1. The first-order valence-electron chi connectivity index (χ1n) is 7.40. The van der Waals surface area contributed by atoms with Crippen molar-refractivity contribution in [2.24, 2.45) is 20.0 Å². The van der Waals surface area contributed by atoms with Crippen molar-refractivity contribution in [2.75, 3.05) is 19.8 Å². The van der Waals surface area contributed by atoms with Crippen LogP contribution in [0.2, 0.25) is 0 Å².